The number of pyridine rings is 1. The second kappa shape index (κ2) is 4.16. The van der Waals surface area contributed by atoms with Crippen LogP contribution in [-0.4, -0.2) is 17.0 Å². The van der Waals surface area contributed by atoms with Crippen molar-refractivity contribution in [1.82, 2.24) is 4.98 Å². The van der Waals surface area contributed by atoms with Crippen molar-refractivity contribution in [3.63, 3.8) is 0 Å². The lowest BCUT2D eigenvalue weighted by molar-refractivity contribution is -0.386. The lowest BCUT2D eigenvalue weighted by Gasteiger charge is -2.06. The highest BCUT2D eigenvalue weighted by Crippen LogP contribution is 2.33. The van der Waals surface area contributed by atoms with E-state index in [-0.39, 0.29) is 11.6 Å². The number of nitrogens with zero attached hydrogens (tertiary/aromatic N) is 2. The first-order valence-electron chi connectivity index (χ1n) is 3.95. The standard InChI is InChI=1S/C8H8F2N2O3/c1-4-7(8(9)10)5(12(13)14)3-6(11-4)15-2/h3,8H,1-2H3. The van der Waals surface area contributed by atoms with Gasteiger partial charge in [-0.15, -0.1) is 0 Å². The van der Waals surface area contributed by atoms with Crippen LogP contribution in [0.3, 0.4) is 0 Å². The Balaban J connectivity index is 3.42. The van der Waals surface area contributed by atoms with E-state index >= 15 is 0 Å². The molecule has 0 aromatic carbocycles. The first-order valence-corrected chi connectivity index (χ1v) is 3.95. The van der Waals surface area contributed by atoms with E-state index in [1.54, 1.807) is 0 Å². The van der Waals surface area contributed by atoms with Crippen LogP contribution in [0.1, 0.15) is 17.7 Å². The van der Waals surface area contributed by atoms with Crippen LogP contribution in [0.4, 0.5) is 14.5 Å². The lowest BCUT2D eigenvalue weighted by atomic mass is 10.2. The van der Waals surface area contributed by atoms with Crippen LogP contribution < -0.4 is 4.74 Å². The van der Waals surface area contributed by atoms with Gasteiger partial charge in [0.1, 0.15) is 5.56 Å². The molecule has 0 atom stereocenters. The molecule has 0 radical (unpaired) electrons. The molecule has 0 saturated heterocycles. The predicted molar refractivity (Wildman–Crippen MR) is 47.1 cm³/mol. The molecule has 0 unspecified atom stereocenters. The number of rotatable bonds is 3. The van der Waals surface area contributed by atoms with Gasteiger partial charge < -0.3 is 4.74 Å². The number of alkyl halides is 2. The number of halogens is 2. The second-order valence-electron chi connectivity index (χ2n) is 2.74. The third-order valence-electron chi connectivity index (χ3n) is 1.83. The highest BCUT2D eigenvalue weighted by atomic mass is 19.3. The molecule has 0 amide bonds. The molecule has 0 N–H and O–H groups in total. The third kappa shape index (κ3) is 2.17. The molecule has 0 spiro atoms. The fraction of sp³-hybridized carbons (Fsp3) is 0.375. The van der Waals surface area contributed by atoms with Gasteiger partial charge in [0, 0.05) is 0 Å². The Morgan fingerprint density at radius 3 is 2.60 bits per heavy atom. The van der Waals surface area contributed by atoms with E-state index in [9.17, 15) is 18.9 Å². The molecule has 1 heterocycles. The first-order chi connectivity index (χ1) is 6.97. The van der Waals surface area contributed by atoms with Crippen LogP contribution in [0.2, 0.25) is 0 Å². The summed E-state index contributed by atoms with van der Waals surface area (Å²) in [4.78, 5) is 13.3. The Morgan fingerprint density at radius 1 is 1.60 bits per heavy atom. The molecule has 0 aliphatic rings. The number of aryl methyl sites for hydroxylation is 1. The molecule has 0 fully saturated rings. The number of ether oxygens (including phenoxy) is 1. The molecule has 0 aliphatic carbocycles. The maximum Gasteiger partial charge on any atom is 0.285 e. The Bertz CT molecular complexity index is 396. The Morgan fingerprint density at radius 2 is 2.20 bits per heavy atom. The van der Waals surface area contributed by atoms with Crippen molar-refractivity contribution < 1.29 is 18.4 Å². The van der Waals surface area contributed by atoms with E-state index in [2.05, 4.69) is 9.72 Å². The summed E-state index contributed by atoms with van der Waals surface area (Å²) in [6, 6.07) is 0.883. The van der Waals surface area contributed by atoms with Gasteiger partial charge in [0.25, 0.3) is 12.1 Å². The van der Waals surface area contributed by atoms with Crippen molar-refractivity contribution in [3.8, 4) is 5.88 Å². The summed E-state index contributed by atoms with van der Waals surface area (Å²) in [6.07, 6.45) is -2.93. The molecule has 5 nitrogen and oxygen atoms in total. The van der Waals surface area contributed by atoms with Crippen molar-refractivity contribution in [2.24, 2.45) is 0 Å². The van der Waals surface area contributed by atoms with E-state index in [4.69, 9.17) is 0 Å². The summed E-state index contributed by atoms with van der Waals surface area (Å²) in [7, 11) is 1.26. The summed E-state index contributed by atoms with van der Waals surface area (Å²) < 4.78 is 29.7. The van der Waals surface area contributed by atoms with Crippen LogP contribution in [0.25, 0.3) is 0 Å². The number of hydrogen-bond donors (Lipinski definition) is 0. The molecular weight excluding hydrogens is 210 g/mol. The number of hydrogen-bond acceptors (Lipinski definition) is 4. The van der Waals surface area contributed by atoms with Crippen molar-refractivity contribution >= 4 is 5.69 Å². The minimum absolute atomic E-state index is 0.0522. The average Bonchev–Trinajstić information content (AvgIpc) is 2.15. The van der Waals surface area contributed by atoms with Gasteiger partial charge in [-0.1, -0.05) is 0 Å². The molecule has 1 aromatic rings. The Labute approximate surface area is 83.8 Å². The summed E-state index contributed by atoms with van der Waals surface area (Å²) in [5.74, 6) is -0.0522. The van der Waals surface area contributed by atoms with E-state index in [0.29, 0.717) is 0 Å². The minimum atomic E-state index is -2.93. The average molecular weight is 218 g/mol. The molecule has 0 saturated carbocycles. The van der Waals surface area contributed by atoms with Gasteiger partial charge in [0.15, 0.2) is 0 Å². The molecule has 0 bridgehead atoms. The largest absolute Gasteiger partial charge is 0.481 e. The number of aromatic nitrogens is 1. The monoisotopic (exact) mass is 218 g/mol. The topological polar surface area (TPSA) is 65.3 Å². The van der Waals surface area contributed by atoms with Gasteiger partial charge in [-0.05, 0) is 6.92 Å². The van der Waals surface area contributed by atoms with Crippen molar-refractivity contribution in [2.75, 3.05) is 7.11 Å². The van der Waals surface area contributed by atoms with Gasteiger partial charge in [0.2, 0.25) is 5.88 Å². The molecule has 1 aromatic heterocycles. The zero-order valence-electron chi connectivity index (χ0n) is 8.03. The van der Waals surface area contributed by atoms with Gasteiger partial charge in [0.05, 0.1) is 23.8 Å². The van der Waals surface area contributed by atoms with Crippen molar-refractivity contribution in [1.29, 1.82) is 0 Å². The fourth-order valence-electron chi connectivity index (χ4n) is 1.16. The fourth-order valence-corrected chi connectivity index (χ4v) is 1.16. The summed E-state index contributed by atoms with van der Waals surface area (Å²) in [5.41, 5.74) is -1.44. The van der Waals surface area contributed by atoms with Crippen molar-refractivity contribution in [3.05, 3.63) is 27.4 Å². The van der Waals surface area contributed by atoms with Crippen LogP contribution in [0.5, 0.6) is 5.88 Å². The zero-order valence-corrected chi connectivity index (χ0v) is 8.03. The van der Waals surface area contributed by atoms with Gasteiger partial charge in [-0.3, -0.25) is 10.1 Å². The molecule has 15 heavy (non-hydrogen) atoms. The smallest absolute Gasteiger partial charge is 0.285 e. The molecule has 1 rings (SSSR count). The van der Waals surface area contributed by atoms with E-state index < -0.39 is 22.6 Å². The SMILES string of the molecule is COc1cc([N+](=O)[O-])c(C(F)F)c(C)n1. The summed E-state index contributed by atoms with van der Waals surface area (Å²) >= 11 is 0. The Hall–Kier alpha value is -1.79. The van der Waals surface area contributed by atoms with Crippen LogP contribution >= 0.6 is 0 Å². The van der Waals surface area contributed by atoms with Gasteiger partial charge in [-0.2, -0.15) is 0 Å². The zero-order chi connectivity index (χ0) is 11.6. The second-order valence-corrected chi connectivity index (χ2v) is 2.74. The lowest BCUT2D eigenvalue weighted by Crippen LogP contribution is -2.02. The molecular formula is C8H8F2N2O3. The first kappa shape index (κ1) is 11.3. The highest BCUT2D eigenvalue weighted by molar-refractivity contribution is 5.46. The number of methoxy groups -OCH3 is 1. The number of nitro groups is 1. The summed E-state index contributed by atoms with van der Waals surface area (Å²) in [5, 5.41) is 10.5. The summed E-state index contributed by atoms with van der Waals surface area (Å²) in [6.45, 7) is 1.27. The van der Waals surface area contributed by atoms with Crippen LogP contribution in [-0.2, 0) is 0 Å². The van der Waals surface area contributed by atoms with E-state index in [1.165, 1.54) is 14.0 Å². The molecule has 0 aliphatic heterocycles. The molecule has 82 valence electrons. The highest BCUT2D eigenvalue weighted by Gasteiger charge is 2.26. The van der Waals surface area contributed by atoms with Gasteiger partial charge >= 0.3 is 0 Å². The maximum atomic E-state index is 12.5. The Kier molecular flexibility index (Phi) is 3.13. The normalized spacial score (nSPS) is 10.5. The minimum Gasteiger partial charge on any atom is -0.481 e. The van der Waals surface area contributed by atoms with Gasteiger partial charge in [-0.25, -0.2) is 13.8 Å². The van der Waals surface area contributed by atoms with Crippen LogP contribution in [0.15, 0.2) is 6.07 Å². The van der Waals surface area contributed by atoms with Crippen LogP contribution in [0, 0.1) is 17.0 Å². The van der Waals surface area contributed by atoms with E-state index in [1.807, 2.05) is 0 Å². The maximum absolute atomic E-state index is 12.5. The predicted octanol–water partition coefficient (Wildman–Crippen LogP) is 2.24. The quantitative estimate of drug-likeness (QED) is 0.576. The van der Waals surface area contributed by atoms with E-state index in [0.717, 1.165) is 6.07 Å². The third-order valence-corrected chi connectivity index (χ3v) is 1.83. The van der Waals surface area contributed by atoms with Crippen molar-refractivity contribution in [2.45, 2.75) is 13.3 Å². The molecule has 7 heteroatoms.